The molecule has 0 unspecified atom stereocenters. The highest BCUT2D eigenvalue weighted by atomic mass is 16.5. The minimum atomic E-state index is -0.369. The van der Waals surface area contributed by atoms with E-state index in [0.29, 0.717) is 23.7 Å². The fourth-order valence-electron chi connectivity index (χ4n) is 4.37. The Balaban J connectivity index is 1.56. The van der Waals surface area contributed by atoms with Crippen LogP contribution in [0.1, 0.15) is 24.2 Å². The van der Waals surface area contributed by atoms with Crippen LogP contribution in [0, 0.1) is 11.3 Å². The zero-order valence-corrected chi connectivity index (χ0v) is 19.1. The first-order valence-electron chi connectivity index (χ1n) is 11.6. The van der Waals surface area contributed by atoms with Crippen molar-refractivity contribution < 1.29 is 4.74 Å². The molecule has 2 aromatic heterocycles. The molecule has 2 heterocycles. The summed E-state index contributed by atoms with van der Waals surface area (Å²) in [5.41, 5.74) is 9.48. The molecule has 0 aliphatic rings. The topological polar surface area (TPSA) is 113 Å². The molecule has 174 valence electrons. The Labute approximate surface area is 202 Å². The predicted molar refractivity (Wildman–Crippen MR) is 137 cm³/mol. The Hall–Kier alpha value is -4.54. The summed E-state index contributed by atoms with van der Waals surface area (Å²) in [4.78, 5) is 19.5. The SMILES string of the molecule is N#Cc1c(-c2c(CCCCN)[nH]c3ccccc23)[nH]c(=O)n1-c1ccc(Oc2ccccc2)cc1. The van der Waals surface area contributed by atoms with Gasteiger partial charge in [-0.3, -0.25) is 4.57 Å². The van der Waals surface area contributed by atoms with E-state index in [4.69, 9.17) is 10.5 Å². The number of rotatable bonds is 8. The second-order valence-electron chi connectivity index (χ2n) is 8.28. The Kier molecular flexibility index (Phi) is 6.20. The van der Waals surface area contributed by atoms with E-state index < -0.39 is 0 Å². The number of aryl methyl sites for hydroxylation is 1. The second kappa shape index (κ2) is 9.75. The molecular weight excluding hydrogens is 438 g/mol. The number of imidazole rings is 1. The minimum Gasteiger partial charge on any atom is -0.457 e. The standard InChI is InChI=1S/C28H25N5O2/c29-17-7-6-12-24-26(22-10-4-5-11-23(22)31-24)27-25(18-30)33(28(34)32-27)19-13-15-21(16-14-19)35-20-8-2-1-3-9-20/h1-5,8-11,13-16,31H,6-7,12,17,29H2,(H,32,34). The van der Waals surface area contributed by atoms with Gasteiger partial charge in [0.2, 0.25) is 0 Å². The molecule has 0 aliphatic heterocycles. The average molecular weight is 464 g/mol. The van der Waals surface area contributed by atoms with Gasteiger partial charge in [-0.25, -0.2) is 4.79 Å². The number of aromatic nitrogens is 3. The van der Waals surface area contributed by atoms with Gasteiger partial charge in [0.25, 0.3) is 0 Å². The number of fused-ring (bicyclic) bond motifs is 1. The Morgan fingerprint density at radius 1 is 0.886 bits per heavy atom. The summed E-state index contributed by atoms with van der Waals surface area (Å²) in [5.74, 6) is 1.36. The van der Waals surface area contributed by atoms with Crippen molar-refractivity contribution >= 4 is 10.9 Å². The summed E-state index contributed by atoms with van der Waals surface area (Å²) < 4.78 is 7.27. The van der Waals surface area contributed by atoms with E-state index in [2.05, 4.69) is 16.0 Å². The third-order valence-electron chi connectivity index (χ3n) is 5.99. The number of aromatic amines is 2. The molecule has 0 saturated carbocycles. The molecule has 0 amide bonds. The average Bonchev–Trinajstić information content (AvgIpc) is 3.41. The molecule has 0 radical (unpaired) electrons. The van der Waals surface area contributed by atoms with Gasteiger partial charge >= 0.3 is 5.69 Å². The third-order valence-corrected chi connectivity index (χ3v) is 5.99. The molecule has 0 spiro atoms. The van der Waals surface area contributed by atoms with Crippen LogP contribution < -0.4 is 16.2 Å². The molecule has 7 nitrogen and oxygen atoms in total. The highest BCUT2D eigenvalue weighted by Gasteiger charge is 2.22. The predicted octanol–water partition coefficient (Wildman–Crippen LogP) is 5.26. The summed E-state index contributed by atoms with van der Waals surface area (Å²) in [5, 5.41) is 11.1. The zero-order chi connectivity index (χ0) is 24.2. The zero-order valence-electron chi connectivity index (χ0n) is 19.1. The molecule has 4 N–H and O–H groups in total. The number of hydrogen-bond acceptors (Lipinski definition) is 4. The van der Waals surface area contributed by atoms with Gasteiger partial charge in [0.1, 0.15) is 17.6 Å². The van der Waals surface area contributed by atoms with Crippen LogP contribution >= 0.6 is 0 Å². The second-order valence-corrected chi connectivity index (χ2v) is 8.28. The van der Waals surface area contributed by atoms with Crippen LogP contribution in [0.25, 0.3) is 27.8 Å². The fraction of sp³-hybridized carbons (Fsp3) is 0.143. The first-order chi connectivity index (χ1) is 17.2. The van der Waals surface area contributed by atoms with Crippen molar-refractivity contribution in [3.63, 3.8) is 0 Å². The number of hydrogen-bond donors (Lipinski definition) is 3. The molecule has 0 saturated heterocycles. The van der Waals surface area contributed by atoms with Gasteiger partial charge in [0.15, 0.2) is 5.69 Å². The minimum absolute atomic E-state index is 0.261. The van der Waals surface area contributed by atoms with Crippen molar-refractivity contribution in [1.29, 1.82) is 5.26 Å². The molecule has 35 heavy (non-hydrogen) atoms. The van der Waals surface area contributed by atoms with E-state index in [1.165, 1.54) is 4.57 Å². The van der Waals surface area contributed by atoms with Gasteiger partial charge in [-0.1, -0.05) is 36.4 Å². The van der Waals surface area contributed by atoms with Gasteiger partial charge in [-0.2, -0.15) is 5.26 Å². The summed E-state index contributed by atoms with van der Waals surface area (Å²) in [7, 11) is 0. The molecule has 5 rings (SSSR count). The van der Waals surface area contributed by atoms with Gasteiger partial charge in [-0.05, 0) is 68.3 Å². The van der Waals surface area contributed by atoms with Crippen molar-refractivity contribution in [2.24, 2.45) is 5.73 Å². The number of nitrogens with one attached hydrogen (secondary N) is 2. The van der Waals surface area contributed by atoms with Gasteiger partial charge in [-0.15, -0.1) is 0 Å². The number of H-pyrrole nitrogens is 2. The highest BCUT2D eigenvalue weighted by molar-refractivity contribution is 5.97. The molecule has 5 aromatic rings. The van der Waals surface area contributed by atoms with Crippen molar-refractivity contribution in [3.8, 4) is 34.5 Å². The quantitative estimate of drug-likeness (QED) is 0.272. The van der Waals surface area contributed by atoms with Crippen LogP contribution in [0.3, 0.4) is 0 Å². The fourth-order valence-corrected chi connectivity index (χ4v) is 4.37. The van der Waals surface area contributed by atoms with Crippen LogP contribution in [0.4, 0.5) is 0 Å². The van der Waals surface area contributed by atoms with E-state index in [9.17, 15) is 10.1 Å². The lowest BCUT2D eigenvalue weighted by Crippen LogP contribution is -2.15. The van der Waals surface area contributed by atoms with Crippen LogP contribution in [0.15, 0.2) is 83.7 Å². The Bertz CT molecular complexity index is 1550. The molecular formula is C28H25N5O2. The lowest BCUT2D eigenvalue weighted by molar-refractivity contribution is 0.482. The maximum absolute atomic E-state index is 13.1. The summed E-state index contributed by atoms with van der Waals surface area (Å²) in [6.45, 7) is 0.621. The van der Waals surface area contributed by atoms with E-state index >= 15 is 0 Å². The first-order valence-corrected chi connectivity index (χ1v) is 11.6. The maximum atomic E-state index is 13.1. The summed E-state index contributed by atoms with van der Waals surface area (Å²) in [6.07, 6.45) is 2.58. The molecule has 3 aromatic carbocycles. The van der Waals surface area contributed by atoms with Gasteiger partial charge < -0.3 is 20.4 Å². The van der Waals surface area contributed by atoms with Crippen molar-refractivity contribution in [2.75, 3.05) is 6.54 Å². The van der Waals surface area contributed by atoms with Gasteiger partial charge in [0.05, 0.1) is 11.4 Å². The van der Waals surface area contributed by atoms with E-state index in [1.807, 2.05) is 54.6 Å². The van der Waals surface area contributed by atoms with E-state index in [0.717, 1.165) is 47.2 Å². The van der Waals surface area contributed by atoms with Gasteiger partial charge in [0, 0.05) is 22.2 Å². The Morgan fingerprint density at radius 2 is 1.60 bits per heavy atom. The number of ether oxygens (including phenoxy) is 1. The lowest BCUT2D eigenvalue weighted by atomic mass is 10.0. The van der Waals surface area contributed by atoms with Crippen LogP contribution in [0.5, 0.6) is 11.5 Å². The van der Waals surface area contributed by atoms with Crippen LogP contribution in [-0.2, 0) is 6.42 Å². The van der Waals surface area contributed by atoms with Crippen molar-refractivity contribution in [1.82, 2.24) is 14.5 Å². The van der Waals surface area contributed by atoms with E-state index in [1.54, 1.807) is 24.3 Å². The van der Waals surface area contributed by atoms with E-state index in [-0.39, 0.29) is 11.4 Å². The molecule has 0 aliphatic carbocycles. The molecule has 7 heteroatoms. The number of unbranched alkanes of at least 4 members (excludes halogenated alkanes) is 1. The molecule has 0 fully saturated rings. The number of nitrogens with two attached hydrogens (primary N) is 1. The normalized spacial score (nSPS) is 11.0. The van der Waals surface area contributed by atoms with Crippen molar-refractivity contribution in [2.45, 2.75) is 19.3 Å². The number of nitriles is 1. The van der Waals surface area contributed by atoms with Crippen LogP contribution in [0.2, 0.25) is 0 Å². The molecule has 0 atom stereocenters. The van der Waals surface area contributed by atoms with Crippen molar-refractivity contribution in [3.05, 3.63) is 101 Å². The Morgan fingerprint density at radius 3 is 2.34 bits per heavy atom. The molecule has 0 bridgehead atoms. The summed E-state index contributed by atoms with van der Waals surface area (Å²) >= 11 is 0. The third kappa shape index (κ3) is 4.35. The number of benzene rings is 3. The smallest absolute Gasteiger partial charge is 0.331 e. The maximum Gasteiger partial charge on any atom is 0.331 e. The number of nitrogens with zero attached hydrogens (tertiary/aromatic N) is 2. The highest BCUT2D eigenvalue weighted by Crippen LogP contribution is 2.34. The van der Waals surface area contributed by atoms with Crippen LogP contribution in [-0.4, -0.2) is 21.1 Å². The number of para-hydroxylation sites is 2. The lowest BCUT2D eigenvalue weighted by Gasteiger charge is -2.08. The first kappa shape index (κ1) is 22.3. The monoisotopic (exact) mass is 463 g/mol. The summed E-state index contributed by atoms with van der Waals surface area (Å²) in [6, 6.07) is 26.8. The largest absolute Gasteiger partial charge is 0.457 e.